The molecule has 0 bridgehead atoms. The molecule has 0 saturated carbocycles. The number of ether oxygens (including phenoxy) is 1. The van der Waals surface area contributed by atoms with E-state index in [0.29, 0.717) is 4.88 Å². The van der Waals surface area contributed by atoms with Crippen molar-refractivity contribution >= 4 is 17.3 Å². The first-order valence-electron chi connectivity index (χ1n) is 4.65. The molecule has 1 heterocycles. The van der Waals surface area contributed by atoms with E-state index in [4.69, 9.17) is 5.73 Å². The van der Waals surface area contributed by atoms with Gasteiger partial charge < -0.3 is 10.5 Å². The van der Waals surface area contributed by atoms with Crippen LogP contribution in [0.5, 0.6) is 0 Å². The van der Waals surface area contributed by atoms with Gasteiger partial charge in [0.1, 0.15) is 4.88 Å². The second kappa shape index (κ2) is 5.78. The van der Waals surface area contributed by atoms with Crippen LogP contribution < -0.4 is 5.73 Å². The van der Waals surface area contributed by atoms with Gasteiger partial charge in [-0.25, -0.2) is 4.79 Å². The number of nitrogens with two attached hydrogens (primary N) is 1. The van der Waals surface area contributed by atoms with Gasteiger partial charge in [-0.3, -0.25) is 0 Å². The van der Waals surface area contributed by atoms with Crippen molar-refractivity contribution in [2.24, 2.45) is 5.73 Å². The standard InChI is InChI=1S/C10H15NO2S/c1-13-10(12)9-6-5-8(14-9)4-2-3-7-11/h5-6H,2-4,7,11H2,1H3. The molecule has 0 aliphatic carbocycles. The van der Waals surface area contributed by atoms with Gasteiger partial charge in [-0.2, -0.15) is 0 Å². The largest absolute Gasteiger partial charge is 0.465 e. The van der Waals surface area contributed by atoms with Crippen LogP contribution in [0.4, 0.5) is 0 Å². The molecule has 14 heavy (non-hydrogen) atoms. The first kappa shape index (κ1) is 11.2. The van der Waals surface area contributed by atoms with E-state index in [2.05, 4.69) is 4.74 Å². The number of carbonyl (C=O) groups excluding carboxylic acids is 1. The molecule has 0 unspecified atom stereocenters. The average Bonchev–Trinajstić information content (AvgIpc) is 2.66. The summed E-state index contributed by atoms with van der Waals surface area (Å²) in [6.45, 7) is 0.731. The molecule has 0 radical (unpaired) electrons. The van der Waals surface area contributed by atoms with Crippen molar-refractivity contribution in [3.63, 3.8) is 0 Å². The summed E-state index contributed by atoms with van der Waals surface area (Å²) in [5, 5.41) is 0. The van der Waals surface area contributed by atoms with E-state index >= 15 is 0 Å². The zero-order chi connectivity index (χ0) is 10.4. The van der Waals surface area contributed by atoms with Crippen LogP contribution >= 0.6 is 11.3 Å². The first-order valence-corrected chi connectivity index (χ1v) is 5.46. The molecule has 0 aliphatic rings. The lowest BCUT2D eigenvalue weighted by molar-refractivity contribution is 0.0606. The molecule has 1 aromatic rings. The Kier molecular flexibility index (Phi) is 4.62. The molecular formula is C10H15NO2S. The summed E-state index contributed by atoms with van der Waals surface area (Å²) in [6.07, 6.45) is 3.11. The van der Waals surface area contributed by atoms with Crippen LogP contribution in [-0.4, -0.2) is 19.6 Å². The number of unbranched alkanes of at least 4 members (excludes halogenated alkanes) is 1. The number of methoxy groups -OCH3 is 1. The van der Waals surface area contributed by atoms with E-state index in [1.54, 1.807) is 0 Å². The van der Waals surface area contributed by atoms with Crippen LogP contribution in [0.1, 0.15) is 27.4 Å². The first-order chi connectivity index (χ1) is 6.77. The Morgan fingerprint density at radius 3 is 2.93 bits per heavy atom. The van der Waals surface area contributed by atoms with Gasteiger partial charge >= 0.3 is 5.97 Å². The Morgan fingerprint density at radius 2 is 2.29 bits per heavy atom. The van der Waals surface area contributed by atoms with E-state index in [-0.39, 0.29) is 5.97 Å². The molecule has 0 fully saturated rings. The zero-order valence-electron chi connectivity index (χ0n) is 8.29. The number of rotatable bonds is 5. The highest BCUT2D eigenvalue weighted by atomic mass is 32.1. The summed E-state index contributed by atoms with van der Waals surface area (Å²) in [5.74, 6) is -0.250. The molecular weight excluding hydrogens is 198 g/mol. The van der Waals surface area contributed by atoms with Crippen LogP contribution in [-0.2, 0) is 11.2 Å². The van der Waals surface area contributed by atoms with E-state index in [1.807, 2.05) is 12.1 Å². The predicted octanol–water partition coefficient (Wildman–Crippen LogP) is 1.82. The summed E-state index contributed by atoms with van der Waals surface area (Å²) in [4.78, 5) is 13.0. The van der Waals surface area contributed by atoms with Gasteiger partial charge in [0.05, 0.1) is 7.11 Å². The third kappa shape index (κ3) is 3.12. The van der Waals surface area contributed by atoms with Gasteiger partial charge in [0.15, 0.2) is 0 Å². The summed E-state index contributed by atoms with van der Waals surface area (Å²) < 4.78 is 4.63. The smallest absolute Gasteiger partial charge is 0.348 e. The molecule has 78 valence electrons. The Balaban J connectivity index is 2.46. The summed E-state index contributed by atoms with van der Waals surface area (Å²) >= 11 is 1.50. The summed E-state index contributed by atoms with van der Waals surface area (Å²) in [7, 11) is 1.40. The monoisotopic (exact) mass is 213 g/mol. The quantitative estimate of drug-likeness (QED) is 0.599. The van der Waals surface area contributed by atoms with E-state index in [0.717, 1.165) is 25.8 Å². The predicted molar refractivity (Wildman–Crippen MR) is 57.7 cm³/mol. The van der Waals surface area contributed by atoms with Crippen LogP contribution in [0.2, 0.25) is 0 Å². The maximum Gasteiger partial charge on any atom is 0.348 e. The van der Waals surface area contributed by atoms with Crippen LogP contribution in [0.25, 0.3) is 0 Å². The van der Waals surface area contributed by atoms with Crippen molar-refractivity contribution in [1.29, 1.82) is 0 Å². The molecule has 0 spiro atoms. The van der Waals surface area contributed by atoms with Gasteiger partial charge in [-0.15, -0.1) is 11.3 Å². The highest BCUT2D eigenvalue weighted by molar-refractivity contribution is 7.13. The van der Waals surface area contributed by atoms with Crippen LogP contribution in [0.15, 0.2) is 12.1 Å². The SMILES string of the molecule is COC(=O)c1ccc(CCCCN)s1. The molecule has 2 N–H and O–H groups in total. The van der Waals surface area contributed by atoms with Gasteiger partial charge in [0.25, 0.3) is 0 Å². The highest BCUT2D eigenvalue weighted by Gasteiger charge is 2.08. The fraction of sp³-hybridized carbons (Fsp3) is 0.500. The molecule has 4 heteroatoms. The second-order valence-corrected chi connectivity index (χ2v) is 4.17. The molecule has 0 aliphatic heterocycles. The van der Waals surface area contributed by atoms with Crippen LogP contribution in [0, 0.1) is 0 Å². The Labute approximate surface area is 87.9 Å². The second-order valence-electron chi connectivity index (χ2n) is 3.00. The van der Waals surface area contributed by atoms with Crippen LogP contribution in [0.3, 0.4) is 0 Å². The van der Waals surface area contributed by atoms with E-state index in [1.165, 1.54) is 23.3 Å². The minimum absolute atomic E-state index is 0.250. The lowest BCUT2D eigenvalue weighted by atomic mass is 10.2. The van der Waals surface area contributed by atoms with Gasteiger partial charge in [-0.05, 0) is 37.9 Å². The lowest BCUT2D eigenvalue weighted by Crippen LogP contribution is -1.98. The van der Waals surface area contributed by atoms with Crippen molar-refractivity contribution in [2.45, 2.75) is 19.3 Å². The Bertz CT molecular complexity index is 296. The number of hydrogen-bond acceptors (Lipinski definition) is 4. The molecule has 0 atom stereocenters. The molecule has 3 nitrogen and oxygen atoms in total. The van der Waals surface area contributed by atoms with Crippen molar-refractivity contribution < 1.29 is 9.53 Å². The topological polar surface area (TPSA) is 52.3 Å². The maximum atomic E-state index is 11.1. The molecule has 0 amide bonds. The number of aryl methyl sites for hydroxylation is 1. The minimum Gasteiger partial charge on any atom is -0.465 e. The Hall–Kier alpha value is -0.870. The number of carbonyl (C=O) groups is 1. The third-order valence-corrected chi connectivity index (χ3v) is 3.05. The minimum atomic E-state index is -0.250. The lowest BCUT2D eigenvalue weighted by Gasteiger charge is -1.95. The molecule has 0 saturated heterocycles. The number of esters is 1. The normalized spacial score (nSPS) is 10.1. The van der Waals surface area contributed by atoms with Crippen molar-refractivity contribution in [3.8, 4) is 0 Å². The average molecular weight is 213 g/mol. The molecule has 1 aromatic heterocycles. The molecule has 1 rings (SSSR count). The maximum absolute atomic E-state index is 11.1. The van der Waals surface area contributed by atoms with E-state index in [9.17, 15) is 4.79 Å². The fourth-order valence-electron chi connectivity index (χ4n) is 1.17. The number of thiophene rings is 1. The molecule has 0 aromatic carbocycles. The van der Waals surface area contributed by atoms with E-state index < -0.39 is 0 Å². The Morgan fingerprint density at radius 1 is 1.50 bits per heavy atom. The fourth-order valence-corrected chi connectivity index (χ4v) is 2.13. The highest BCUT2D eigenvalue weighted by Crippen LogP contribution is 2.19. The van der Waals surface area contributed by atoms with Crippen molar-refractivity contribution in [2.75, 3.05) is 13.7 Å². The van der Waals surface area contributed by atoms with Gasteiger partial charge in [-0.1, -0.05) is 0 Å². The van der Waals surface area contributed by atoms with Crippen molar-refractivity contribution in [3.05, 3.63) is 21.9 Å². The van der Waals surface area contributed by atoms with Crippen molar-refractivity contribution in [1.82, 2.24) is 0 Å². The van der Waals surface area contributed by atoms with Gasteiger partial charge in [0, 0.05) is 4.88 Å². The van der Waals surface area contributed by atoms with Gasteiger partial charge in [0.2, 0.25) is 0 Å². The number of hydrogen-bond donors (Lipinski definition) is 1. The summed E-state index contributed by atoms with van der Waals surface area (Å²) in [6, 6.07) is 3.79. The third-order valence-electron chi connectivity index (χ3n) is 1.93. The zero-order valence-corrected chi connectivity index (χ0v) is 9.10. The summed E-state index contributed by atoms with van der Waals surface area (Å²) in [5.41, 5.74) is 5.40.